The first-order valence-electron chi connectivity index (χ1n) is 10.4. The van der Waals surface area contributed by atoms with E-state index in [-0.39, 0.29) is 37.5 Å². The highest BCUT2D eigenvalue weighted by Gasteiger charge is 2.44. The second kappa shape index (κ2) is 9.67. The first-order valence-corrected chi connectivity index (χ1v) is 10.4. The Bertz CT molecular complexity index is 935. The Morgan fingerprint density at radius 3 is 2.69 bits per heavy atom. The fourth-order valence-electron chi connectivity index (χ4n) is 3.95. The van der Waals surface area contributed by atoms with Crippen LogP contribution in [0.4, 0.5) is 5.69 Å². The number of anilines is 1. The maximum absolute atomic E-state index is 13.4. The molecule has 2 aliphatic heterocycles. The SMILES string of the molecule is Cc1cc(N[C@H]2CCC(=O)N3CCC[C@@H](C(=O)N[C@H](C=O)CC(=O)O)N3C2=O)ccc1O. The number of hydrazine groups is 1. The van der Waals surface area contributed by atoms with Gasteiger partial charge in [0, 0.05) is 18.7 Å². The maximum atomic E-state index is 13.4. The van der Waals surface area contributed by atoms with E-state index in [4.69, 9.17) is 5.11 Å². The Morgan fingerprint density at radius 1 is 1.28 bits per heavy atom. The van der Waals surface area contributed by atoms with Crippen molar-refractivity contribution in [2.24, 2.45) is 0 Å². The van der Waals surface area contributed by atoms with Crippen molar-refractivity contribution in [3.63, 3.8) is 0 Å². The first kappa shape index (κ1) is 23.0. The molecule has 2 fully saturated rings. The van der Waals surface area contributed by atoms with Gasteiger partial charge < -0.3 is 25.6 Å². The van der Waals surface area contributed by atoms with Crippen LogP contribution in [0.2, 0.25) is 0 Å². The number of carboxylic acids is 1. The number of aldehydes is 1. The van der Waals surface area contributed by atoms with E-state index in [2.05, 4.69) is 10.6 Å². The molecule has 4 N–H and O–H groups in total. The highest BCUT2D eigenvalue weighted by molar-refractivity contribution is 5.95. The summed E-state index contributed by atoms with van der Waals surface area (Å²) in [6.45, 7) is 2.00. The van der Waals surface area contributed by atoms with Gasteiger partial charge in [0.15, 0.2) is 0 Å². The van der Waals surface area contributed by atoms with Crippen molar-refractivity contribution in [1.82, 2.24) is 15.3 Å². The fourth-order valence-corrected chi connectivity index (χ4v) is 3.95. The topological polar surface area (TPSA) is 156 Å². The van der Waals surface area contributed by atoms with E-state index in [0.29, 0.717) is 24.0 Å². The van der Waals surface area contributed by atoms with Gasteiger partial charge in [-0.3, -0.25) is 24.2 Å². The average Bonchev–Trinajstić information content (AvgIpc) is 2.87. The monoisotopic (exact) mass is 446 g/mol. The summed E-state index contributed by atoms with van der Waals surface area (Å²) in [7, 11) is 0. The van der Waals surface area contributed by atoms with Crippen molar-refractivity contribution < 1.29 is 34.2 Å². The zero-order chi connectivity index (χ0) is 23.4. The number of amides is 3. The third kappa shape index (κ3) is 4.98. The van der Waals surface area contributed by atoms with Gasteiger partial charge in [0.1, 0.15) is 24.1 Å². The zero-order valence-corrected chi connectivity index (χ0v) is 17.6. The molecule has 0 unspecified atom stereocenters. The Balaban J connectivity index is 1.83. The molecule has 1 aromatic carbocycles. The van der Waals surface area contributed by atoms with Gasteiger partial charge in [-0.15, -0.1) is 0 Å². The molecule has 2 heterocycles. The number of nitrogens with zero attached hydrogens (tertiary/aromatic N) is 2. The van der Waals surface area contributed by atoms with Crippen LogP contribution in [0.1, 0.15) is 37.7 Å². The van der Waals surface area contributed by atoms with E-state index >= 15 is 0 Å². The minimum absolute atomic E-state index is 0.0985. The molecule has 0 radical (unpaired) electrons. The zero-order valence-electron chi connectivity index (χ0n) is 17.6. The lowest BCUT2D eigenvalue weighted by molar-refractivity contribution is -0.175. The predicted octanol–water partition coefficient (Wildman–Crippen LogP) is 0.168. The molecule has 3 amide bonds. The standard InChI is InChI=1S/C21H26N4O7/c1-12-9-13(4-6-17(12)27)22-15-5-7-18(28)24-8-2-3-16(25(24)21(15)32)20(31)23-14(11-26)10-19(29)30/h4,6,9,11,14-16,22,27H,2-3,5,7-8,10H2,1H3,(H,23,31)(H,29,30)/t14-,15-,16-/m0/s1. The van der Waals surface area contributed by atoms with E-state index in [9.17, 15) is 29.1 Å². The lowest BCUT2D eigenvalue weighted by Crippen LogP contribution is -2.63. The number of carboxylic acid groups (broad SMARTS) is 1. The molecule has 0 aliphatic carbocycles. The number of benzene rings is 1. The fraction of sp³-hybridized carbons (Fsp3) is 0.476. The maximum Gasteiger partial charge on any atom is 0.305 e. The van der Waals surface area contributed by atoms with Crippen molar-refractivity contribution in [2.45, 2.75) is 57.2 Å². The van der Waals surface area contributed by atoms with Crippen LogP contribution in [-0.2, 0) is 24.0 Å². The Kier molecular flexibility index (Phi) is 6.96. The van der Waals surface area contributed by atoms with Gasteiger partial charge in [-0.25, -0.2) is 5.01 Å². The van der Waals surface area contributed by atoms with Gasteiger partial charge in [0.2, 0.25) is 11.8 Å². The number of phenols is 1. The molecular weight excluding hydrogens is 420 g/mol. The summed E-state index contributed by atoms with van der Waals surface area (Å²) in [6, 6.07) is 1.72. The van der Waals surface area contributed by atoms with Crippen molar-refractivity contribution in [3.8, 4) is 5.75 Å². The summed E-state index contributed by atoms with van der Waals surface area (Å²) in [6.07, 6.45) is 0.817. The number of nitrogens with one attached hydrogen (secondary N) is 2. The van der Waals surface area contributed by atoms with E-state index in [1.165, 1.54) is 11.1 Å². The van der Waals surface area contributed by atoms with Crippen molar-refractivity contribution in [3.05, 3.63) is 23.8 Å². The van der Waals surface area contributed by atoms with E-state index in [1.54, 1.807) is 19.1 Å². The Hall–Kier alpha value is -3.63. The minimum Gasteiger partial charge on any atom is -0.508 e. The van der Waals surface area contributed by atoms with Crippen LogP contribution in [0.3, 0.4) is 0 Å². The number of aromatic hydroxyl groups is 1. The molecule has 1 aromatic rings. The van der Waals surface area contributed by atoms with Gasteiger partial charge in [0.25, 0.3) is 5.91 Å². The summed E-state index contributed by atoms with van der Waals surface area (Å²) >= 11 is 0. The molecule has 0 bridgehead atoms. The molecule has 2 saturated heterocycles. The molecule has 0 aromatic heterocycles. The second-order valence-corrected chi connectivity index (χ2v) is 7.94. The minimum atomic E-state index is -1.25. The number of carbonyl (C=O) groups is 5. The molecule has 3 rings (SSSR count). The summed E-state index contributed by atoms with van der Waals surface area (Å²) in [5, 5.41) is 26.5. The Morgan fingerprint density at radius 2 is 2.03 bits per heavy atom. The number of phenolic OH excluding ortho intramolecular Hbond substituents is 1. The highest BCUT2D eigenvalue weighted by Crippen LogP contribution is 2.27. The van der Waals surface area contributed by atoms with Crippen LogP contribution in [-0.4, -0.2) is 74.9 Å². The van der Waals surface area contributed by atoms with Gasteiger partial charge in [-0.2, -0.15) is 0 Å². The summed E-state index contributed by atoms with van der Waals surface area (Å²) in [5.74, 6) is -2.58. The number of rotatable bonds is 7. The molecule has 32 heavy (non-hydrogen) atoms. The molecule has 0 saturated carbocycles. The molecule has 2 aliphatic rings. The highest BCUT2D eigenvalue weighted by atomic mass is 16.4. The van der Waals surface area contributed by atoms with Crippen LogP contribution >= 0.6 is 0 Å². The predicted molar refractivity (Wildman–Crippen MR) is 111 cm³/mol. The normalized spacial score (nSPS) is 21.9. The number of aryl methyl sites for hydroxylation is 1. The second-order valence-electron chi connectivity index (χ2n) is 7.94. The van der Waals surface area contributed by atoms with Crippen LogP contribution in [0.5, 0.6) is 5.75 Å². The van der Waals surface area contributed by atoms with Gasteiger partial charge in [-0.1, -0.05) is 0 Å². The van der Waals surface area contributed by atoms with Crippen LogP contribution < -0.4 is 10.6 Å². The summed E-state index contributed by atoms with van der Waals surface area (Å²) in [5.41, 5.74) is 1.20. The largest absolute Gasteiger partial charge is 0.508 e. The molecule has 11 nitrogen and oxygen atoms in total. The third-order valence-corrected chi connectivity index (χ3v) is 5.59. The van der Waals surface area contributed by atoms with Crippen molar-refractivity contribution >= 4 is 35.7 Å². The first-order chi connectivity index (χ1) is 15.2. The number of carbonyl (C=O) groups excluding carboxylic acids is 4. The number of fused-ring (bicyclic) bond motifs is 1. The summed E-state index contributed by atoms with van der Waals surface area (Å²) < 4.78 is 0. The molecule has 0 spiro atoms. The van der Waals surface area contributed by atoms with Crippen LogP contribution in [0.25, 0.3) is 0 Å². The lowest BCUT2D eigenvalue weighted by atomic mass is 10.0. The number of hydrogen-bond donors (Lipinski definition) is 4. The van der Waals surface area contributed by atoms with Gasteiger partial charge in [-0.05, 0) is 49.9 Å². The summed E-state index contributed by atoms with van der Waals surface area (Å²) in [4.78, 5) is 61.0. The van der Waals surface area contributed by atoms with E-state index < -0.39 is 42.3 Å². The average molecular weight is 446 g/mol. The molecular formula is C21H26N4O7. The lowest BCUT2D eigenvalue weighted by Gasteiger charge is -2.43. The van der Waals surface area contributed by atoms with Crippen molar-refractivity contribution in [1.29, 1.82) is 0 Å². The van der Waals surface area contributed by atoms with Gasteiger partial charge in [0.05, 0.1) is 12.5 Å². The van der Waals surface area contributed by atoms with E-state index in [1.807, 2.05) is 0 Å². The quantitative estimate of drug-likeness (QED) is 0.341. The van der Waals surface area contributed by atoms with Gasteiger partial charge >= 0.3 is 5.97 Å². The smallest absolute Gasteiger partial charge is 0.305 e. The third-order valence-electron chi connectivity index (χ3n) is 5.59. The molecule has 3 atom stereocenters. The van der Waals surface area contributed by atoms with E-state index in [0.717, 1.165) is 5.01 Å². The molecule has 11 heteroatoms. The molecule has 172 valence electrons. The van der Waals surface area contributed by atoms with Crippen molar-refractivity contribution in [2.75, 3.05) is 11.9 Å². The number of aliphatic carboxylic acids is 1. The number of hydrogen-bond acceptors (Lipinski definition) is 7. The Labute approximate surface area is 184 Å². The van der Waals surface area contributed by atoms with Crippen LogP contribution in [0.15, 0.2) is 18.2 Å². The van der Waals surface area contributed by atoms with Crippen LogP contribution in [0, 0.1) is 6.92 Å².